The van der Waals surface area contributed by atoms with Gasteiger partial charge in [0, 0.05) is 135 Å². The van der Waals surface area contributed by atoms with E-state index in [1.807, 2.05) is 35.9 Å². The number of allylic oxidation sites excluding steroid dienone is 1. The molecule has 3 aliphatic heterocycles. The van der Waals surface area contributed by atoms with Gasteiger partial charge in [-0.2, -0.15) is 13.2 Å². The molecule has 4 fully saturated rings. The Hall–Kier alpha value is -7.44. The topological polar surface area (TPSA) is 251 Å². The highest BCUT2D eigenvalue weighted by atomic mass is 35.5. The van der Waals surface area contributed by atoms with Gasteiger partial charge in [-0.1, -0.05) is 99.3 Å². The number of piperazine rings is 2. The van der Waals surface area contributed by atoms with Crippen LogP contribution in [-0.2, 0) is 39.0 Å². The number of thiazole rings is 1. The largest absolute Gasteiger partial charge is 0.501 e. The van der Waals surface area contributed by atoms with Crippen molar-refractivity contribution in [2.45, 2.75) is 169 Å². The molecule has 20 nitrogen and oxygen atoms in total. The number of aliphatic hydroxyl groups excluding tert-OH is 1. The summed E-state index contributed by atoms with van der Waals surface area (Å²) in [7, 11) is -11.6. The lowest BCUT2D eigenvalue weighted by molar-refractivity contribution is -0.144. The van der Waals surface area contributed by atoms with Crippen LogP contribution in [0.25, 0.3) is 16.0 Å². The fourth-order valence-electron chi connectivity index (χ4n) is 13.9. The fourth-order valence-corrected chi connectivity index (χ4v) is 17.9. The number of unbranched alkanes of at least 4 members (excludes halogenated alkanes) is 3. The van der Waals surface area contributed by atoms with Gasteiger partial charge >= 0.3 is 5.51 Å². The van der Waals surface area contributed by atoms with E-state index in [-0.39, 0.29) is 83.5 Å². The maximum atomic E-state index is 15.2. The normalized spacial score (nSPS) is 22.0. The highest BCUT2D eigenvalue weighted by Gasteiger charge is 2.50. The smallest absolute Gasteiger partial charge is 0.391 e. The highest BCUT2D eigenvalue weighted by Crippen LogP contribution is 2.59. The Labute approximate surface area is 649 Å². The minimum absolute atomic E-state index is 0.0330. The van der Waals surface area contributed by atoms with Gasteiger partial charge in [0.1, 0.15) is 22.8 Å². The van der Waals surface area contributed by atoms with Crippen molar-refractivity contribution in [1.29, 1.82) is 0 Å². The highest BCUT2D eigenvalue weighted by molar-refractivity contribution is 7.99. The number of aliphatic hydroxyl groups is 1. The van der Waals surface area contributed by atoms with Crippen LogP contribution >= 0.6 is 34.7 Å². The molecule has 2 aliphatic carbocycles. The summed E-state index contributed by atoms with van der Waals surface area (Å²) in [6.07, 6.45) is 3.21. The maximum Gasteiger partial charge on any atom is 0.501 e. The van der Waals surface area contributed by atoms with Crippen LogP contribution < -0.4 is 25.6 Å². The van der Waals surface area contributed by atoms with Gasteiger partial charge in [0.25, 0.3) is 25.8 Å². The van der Waals surface area contributed by atoms with E-state index < -0.39 is 151 Å². The van der Waals surface area contributed by atoms with Gasteiger partial charge in [-0.15, -0.1) is 23.1 Å². The zero-order valence-corrected chi connectivity index (χ0v) is 64.1. The third-order valence-electron chi connectivity index (χ3n) is 20.2. The number of rotatable bonds is 29. The van der Waals surface area contributed by atoms with Crippen LogP contribution in [0.1, 0.15) is 155 Å². The number of nitrogens with one attached hydrogen (secondary N) is 4. The zero-order valence-electron chi connectivity index (χ0n) is 68.1. The van der Waals surface area contributed by atoms with Crippen molar-refractivity contribution < 1.29 is 74.4 Å². The summed E-state index contributed by atoms with van der Waals surface area (Å²) in [5.41, 5.74) is 0.273. The van der Waals surface area contributed by atoms with Crippen LogP contribution in [0.4, 0.5) is 28.9 Å². The van der Waals surface area contributed by atoms with Gasteiger partial charge in [0.2, 0.25) is 23.6 Å². The second-order valence-electron chi connectivity index (χ2n) is 29.1. The van der Waals surface area contributed by atoms with Crippen molar-refractivity contribution >= 4 is 101 Å². The number of likely N-dealkylation sites (tertiary alicyclic amines) is 1. The quantitative estimate of drug-likeness (QED) is 0.0166. The molecule has 1 aromatic heterocycles. The van der Waals surface area contributed by atoms with E-state index in [0.29, 0.717) is 60.0 Å². The molecule has 6 aromatic rings. The molecular weight excluding hydrogens is 1480 g/mol. The number of aromatic nitrogens is 1. The molecule has 3 saturated heterocycles. The molecule has 5 aliphatic rings. The van der Waals surface area contributed by atoms with Gasteiger partial charge < -0.3 is 35.8 Å². The summed E-state index contributed by atoms with van der Waals surface area (Å²) in [4.78, 5) is 78.5. The molecule has 0 unspecified atom stereocenters. The molecule has 11 rings (SSSR count). The van der Waals surface area contributed by atoms with E-state index in [4.69, 9.17) is 22.6 Å². The van der Waals surface area contributed by atoms with E-state index in [2.05, 4.69) is 30.7 Å². The summed E-state index contributed by atoms with van der Waals surface area (Å²) in [6.45, 7) is -3.45. The van der Waals surface area contributed by atoms with Crippen LogP contribution in [0.2, 0.25) is 5.02 Å². The average Bonchev–Trinajstić information content (AvgIpc) is 1.68. The third kappa shape index (κ3) is 20.5. The van der Waals surface area contributed by atoms with Gasteiger partial charge in [-0.05, 0) is 159 Å². The molecule has 5 amide bonds. The molecule has 4 heterocycles. The number of halogens is 5. The number of anilines is 2. The number of β-amino-alcohol motifs (C(OH)–C–C–N with tert-alkyl or cyclic N) is 1. The first-order valence-electron chi connectivity index (χ1n) is 39.8. The standard InChI is InChI=1S/C78H95ClF4N10O10S4/c1-51(53-17-19-54(20-18-53)71-52(2)84-50-105-71)85-74(98)67-44-60(94)48-93(67)75(99)72(76(3,4)5)87-69(95)15-11-6-7-12-16-70(96)92-41-35-89(36-42-92)34-30-58(49-104-61-13-9-8-10-14-61)86-66-28-26-62(45-68(66)106(100,101)78(81,82)83)107(102,103)88-73(97)55-21-24-59(25-22-55)91-39-37-90(38-40-91)47-56-46-77(32-33-77)31-29-63(56)64-27-23-57(79)43-65(64)80/h8-10,13-14,17-28,43,45,50-51,58,60,67,72,86,94H,6-7,11-12,15-16,29-42,44,46-49H2,1-5H3,(H,85,98)(H,87,95)(H,88,97)/t51-,58+,60+,67-,72+/m0/s1/i35D2,36D2,41D2,42D2. The lowest BCUT2D eigenvalue weighted by Crippen LogP contribution is -2.57. The number of amides is 5. The summed E-state index contributed by atoms with van der Waals surface area (Å²) in [6, 6.07) is 24.3. The van der Waals surface area contributed by atoms with Gasteiger partial charge in [0.15, 0.2) is 0 Å². The number of benzene rings is 5. The van der Waals surface area contributed by atoms with Crippen LogP contribution in [0, 0.1) is 23.6 Å². The second kappa shape index (κ2) is 34.6. The monoisotopic (exact) mass is 1580 g/mol. The average molecular weight is 1580 g/mol. The summed E-state index contributed by atoms with van der Waals surface area (Å²) in [5.74, 6) is -4.68. The number of hydrogen-bond acceptors (Lipinski definition) is 17. The molecule has 5 atom stereocenters. The fraction of sp³-hybridized carbons (Fsp3) is 0.487. The molecule has 576 valence electrons. The Balaban J connectivity index is 0.698. The van der Waals surface area contributed by atoms with Gasteiger partial charge in [-0.3, -0.25) is 33.8 Å². The van der Waals surface area contributed by atoms with E-state index in [1.165, 1.54) is 40.0 Å². The van der Waals surface area contributed by atoms with Crippen molar-refractivity contribution in [2.75, 3.05) is 87.8 Å². The first-order chi connectivity index (χ1) is 53.8. The van der Waals surface area contributed by atoms with Crippen LogP contribution in [0.15, 0.2) is 141 Å². The van der Waals surface area contributed by atoms with E-state index in [9.17, 15) is 59.1 Å². The minimum Gasteiger partial charge on any atom is -0.391 e. The predicted octanol–water partition coefficient (Wildman–Crippen LogP) is 12.7. The molecule has 1 spiro atoms. The summed E-state index contributed by atoms with van der Waals surface area (Å²) < 4.78 is 189. The number of carbonyl (C=O) groups excluding carboxylic acids is 5. The second-order valence-corrected chi connectivity index (χ2v) is 35.1. The molecule has 0 radical (unpaired) electrons. The molecule has 0 bridgehead atoms. The third-order valence-corrected chi connectivity index (χ3v) is 25.4. The number of sulfonamides is 1. The van der Waals surface area contributed by atoms with Crippen LogP contribution in [0.5, 0.6) is 0 Å². The summed E-state index contributed by atoms with van der Waals surface area (Å²) in [5, 5.41) is 19.6. The molecule has 107 heavy (non-hydrogen) atoms. The predicted molar refractivity (Wildman–Crippen MR) is 410 cm³/mol. The number of hydrogen-bond donors (Lipinski definition) is 5. The molecule has 1 saturated carbocycles. The van der Waals surface area contributed by atoms with E-state index >= 15 is 4.39 Å². The number of alkyl halides is 3. The Morgan fingerprint density at radius 2 is 1.51 bits per heavy atom. The van der Waals surface area contributed by atoms with Crippen molar-refractivity contribution in [3.63, 3.8) is 0 Å². The summed E-state index contributed by atoms with van der Waals surface area (Å²) >= 11 is 8.66. The van der Waals surface area contributed by atoms with Crippen molar-refractivity contribution in [2.24, 2.45) is 10.8 Å². The van der Waals surface area contributed by atoms with Crippen molar-refractivity contribution in [1.82, 2.24) is 39.9 Å². The first kappa shape index (κ1) is 70.0. The first-order valence-corrected chi connectivity index (χ1v) is 41.0. The van der Waals surface area contributed by atoms with Crippen molar-refractivity contribution in [3.8, 4) is 10.4 Å². The van der Waals surface area contributed by atoms with Crippen LogP contribution in [0.3, 0.4) is 0 Å². The Morgan fingerprint density at radius 3 is 2.16 bits per heavy atom. The van der Waals surface area contributed by atoms with Crippen LogP contribution in [-0.4, -0.2) is 183 Å². The molecule has 29 heteroatoms. The number of sulfone groups is 1. The maximum absolute atomic E-state index is 15.2. The SMILES string of the molecule is [2H]C1([2H])N(CC[C@H](CSc2ccccc2)Nc2ccc(S(=O)(=O)NC(=O)c3ccc(N4CCN(CC5=C(c6ccc(Cl)cc6F)CCC6(CC6)C5)CC4)cc3)cc2S(=O)(=O)C(F)(F)F)C([2H])([2H])C([2H])([2H])N(C(=O)CCCCCCC(=O)N[C@H](C(=O)N2C[C@H](O)C[C@H]2C(=O)N[C@@H](C)c2ccc(-c3scnc3C)cc2)C(C)(C)C)C1([2H])[2H]. The number of carbonyl (C=O) groups is 5. The Bertz CT molecular complexity index is 4820. The van der Waals surface area contributed by atoms with E-state index in [0.717, 1.165) is 77.2 Å². The number of nitrogens with zero attached hydrogens (tertiary/aromatic N) is 6. The lowest BCUT2D eigenvalue weighted by Gasteiger charge is -2.38. The zero-order chi connectivity index (χ0) is 83.8. The molecule has 5 N–H and O–H groups in total. The van der Waals surface area contributed by atoms with Gasteiger partial charge in [-0.25, -0.2) is 30.9 Å². The van der Waals surface area contributed by atoms with E-state index in [1.54, 1.807) is 87.8 Å². The number of thioether (sulfide) groups is 1. The Kier molecular flexibility index (Phi) is 22.7. The lowest BCUT2D eigenvalue weighted by atomic mass is 9.78. The van der Waals surface area contributed by atoms with Gasteiger partial charge in [0.05, 0.1) is 44.3 Å². The number of aryl methyl sites for hydroxylation is 1. The molecule has 5 aromatic carbocycles. The Morgan fingerprint density at radius 1 is 0.822 bits per heavy atom. The minimum atomic E-state index is -6.48. The molecular formula is C78H95ClF4N10O10S4. The van der Waals surface area contributed by atoms with Crippen molar-refractivity contribution in [3.05, 3.63) is 160 Å².